The molecule has 0 saturated heterocycles. The molecule has 0 spiro atoms. The number of phenols is 1. The van der Waals surface area contributed by atoms with E-state index >= 15 is 0 Å². The van der Waals surface area contributed by atoms with Crippen LogP contribution >= 0.6 is 11.3 Å². The maximum atomic E-state index is 12.7. The van der Waals surface area contributed by atoms with Crippen molar-refractivity contribution in [1.82, 2.24) is 14.8 Å². The second-order valence-corrected chi connectivity index (χ2v) is 8.68. The molecular weight excluding hydrogens is 444 g/mol. The molecule has 1 aliphatic rings. The van der Waals surface area contributed by atoms with Crippen molar-refractivity contribution in [2.24, 2.45) is 0 Å². The molecule has 1 atom stereocenters. The molecule has 0 unspecified atom stereocenters. The number of amides is 1. The van der Waals surface area contributed by atoms with Gasteiger partial charge in [-0.25, -0.2) is 4.98 Å². The summed E-state index contributed by atoms with van der Waals surface area (Å²) in [4.78, 5) is 17.4. The number of hydrogen-bond acceptors (Lipinski definition) is 8. The number of thiazole rings is 1. The van der Waals surface area contributed by atoms with Crippen molar-refractivity contribution in [1.29, 1.82) is 0 Å². The Morgan fingerprint density at radius 2 is 1.85 bits per heavy atom. The summed E-state index contributed by atoms with van der Waals surface area (Å²) >= 11 is 1.46. The van der Waals surface area contributed by atoms with Gasteiger partial charge in [0.1, 0.15) is 11.6 Å². The van der Waals surface area contributed by atoms with Gasteiger partial charge in [-0.1, -0.05) is 11.3 Å². The maximum Gasteiger partial charge on any atom is 0.226 e. The molecule has 0 fully saturated rings. The molecule has 2 aromatic heterocycles. The van der Waals surface area contributed by atoms with Gasteiger partial charge in [0, 0.05) is 17.9 Å². The van der Waals surface area contributed by atoms with Crippen LogP contribution < -0.4 is 19.5 Å². The first-order valence-electron chi connectivity index (χ1n) is 10.2. The Bertz CT molecular complexity index is 1370. The Hall–Kier alpha value is -3.79. The summed E-state index contributed by atoms with van der Waals surface area (Å²) in [6.07, 6.45) is 0.230. The van der Waals surface area contributed by atoms with Crippen molar-refractivity contribution in [3.63, 3.8) is 0 Å². The monoisotopic (exact) mass is 466 g/mol. The van der Waals surface area contributed by atoms with Gasteiger partial charge in [-0.15, -0.1) is 0 Å². The summed E-state index contributed by atoms with van der Waals surface area (Å²) in [5.74, 6) is 1.39. The van der Waals surface area contributed by atoms with Gasteiger partial charge in [0.15, 0.2) is 11.5 Å². The average molecular weight is 467 g/mol. The number of hydrogen-bond donors (Lipinski definition) is 2. The van der Waals surface area contributed by atoms with Gasteiger partial charge in [-0.3, -0.25) is 4.79 Å². The van der Waals surface area contributed by atoms with Crippen molar-refractivity contribution in [2.75, 3.05) is 26.6 Å². The normalized spacial score (nSPS) is 15.3. The van der Waals surface area contributed by atoms with Gasteiger partial charge < -0.3 is 24.6 Å². The van der Waals surface area contributed by atoms with E-state index in [4.69, 9.17) is 24.3 Å². The number of anilines is 1. The number of aromatic hydroxyl groups is 1. The number of carbonyl (C=O) groups excluding carboxylic acids is 1. The van der Waals surface area contributed by atoms with E-state index in [2.05, 4.69) is 5.32 Å². The van der Waals surface area contributed by atoms with Crippen LogP contribution in [-0.2, 0) is 4.79 Å². The molecule has 2 aromatic carbocycles. The molecular formula is C23H22N4O5S. The van der Waals surface area contributed by atoms with Crippen LogP contribution in [0.3, 0.4) is 0 Å². The van der Waals surface area contributed by atoms with Crippen molar-refractivity contribution in [2.45, 2.75) is 19.3 Å². The largest absolute Gasteiger partial charge is 0.502 e. The zero-order valence-electron chi connectivity index (χ0n) is 18.5. The number of benzene rings is 2. The second-order valence-electron chi connectivity index (χ2n) is 7.67. The molecule has 33 heavy (non-hydrogen) atoms. The van der Waals surface area contributed by atoms with E-state index in [0.29, 0.717) is 10.9 Å². The van der Waals surface area contributed by atoms with Crippen LogP contribution in [0.1, 0.15) is 29.2 Å². The van der Waals surface area contributed by atoms with E-state index in [1.165, 1.54) is 25.6 Å². The number of nitrogens with zero attached hydrogens (tertiary/aromatic N) is 3. The fourth-order valence-electron chi connectivity index (χ4n) is 4.20. The molecule has 3 heterocycles. The van der Waals surface area contributed by atoms with Crippen LogP contribution in [0, 0.1) is 6.92 Å². The van der Waals surface area contributed by atoms with Gasteiger partial charge in [0.25, 0.3) is 0 Å². The highest BCUT2D eigenvalue weighted by molar-refractivity contribution is 7.20. The number of rotatable bonds is 5. The number of ether oxygens (including phenoxy) is 3. The minimum Gasteiger partial charge on any atom is -0.502 e. The van der Waals surface area contributed by atoms with E-state index in [-0.39, 0.29) is 35.5 Å². The van der Waals surface area contributed by atoms with Crippen molar-refractivity contribution < 1.29 is 24.1 Å². The van der Waals surface area contributed by atoms with Gasteiger partial charge in [-0.05, 0) is 42.8 Å². The number of nitrogens with one attached hydrogen (secondary N) is 1. The number of carbonyl (C=O) groups is 1. The molecule has 0 aliphatic carbocycles. The van der Waals surface area contributed by atoms with E-state index in [9.17, 15) is 9.90 Å². The van der Waals surface area contributed by atoms with Crippen LogP contribution in [-0.4, -0.2) is 47.1 Å². The van der Waals surface area contributed by atoms with E-state index < -0.39 is 0 Å². The zero-order chi connectivity index (χ0) is 23.3. The predicted molar refractivity (Wildman–Crippen MR) is 124 cm³/mol. The Labute approximate surface area is 193 Å². The summed E-state index contributed by atoms with van der Waals surface area (Å²) in [6.45, 7) is 1.91. The minimum atomic E-state index is -0.291. The minimum absolute atomic E-state index is 0.0819. The maximum absolute atomic E-state index is 12.7. The second kappa shape index (κ2) is 7.96. The number of phenolic OH excluding ortho intramolecular Hbond substituents is 1. The molecule has 0 bridgehead atoms. The van der Waals surface area contributed by atoms with Crippen LogP contribution in [0.4, 0.5) is 5.82 Å². The first-order chi connectivity index (χ1) is 15.9. The fourth-order valence-corrected chi connectivity index (χ4v) is 5.15. The van der Waals surface area contributed by atoms with Crippen LogP contribution in [0.25, 0.3) is 15.3 Å². The van der Waals surface area contributed by atoms with Gasteiger partial charge in [-0.2, -0.15) is 9.78 Å². The molecule has 170 valence electrons. The molecule has 1 aliphatic heterocycles. The molecule has 5 rings (SSSR count). The fraction of sp³-hybridized carbons (Fsp3) is 0.261. The Balaban J connectivity index is 1.65. The lowest BCUT2D eigenvalue weighted by Gasteiger charge is -2.25. The van der Waals surface area contributed by atoms with Crippen LogP contribution in [0.15, 0.2) is 30.3 Å². The first kappa shape index (κ1) is 21.1. The Kier molecular flexibility index (Phi) is 5.09. The van der Waals surface area contributed by atoms with Crippen LogP contribution in [0.5, 0.6) is 23.0 Å². The highest BCUT2D eigenvalue weighted by atomic mass is 32.1. The third kappa shape index (κ3) is 3.43. The number of aromatic nitrogens is 3. The SMILES string of the molecule is COc1ccc2nc(-n3nc(C)c4c3NC(=O)C[C@H]4c3cc(OC)c(O)c(OC)c3)sc2c1. The van der Waals surface area contributed by atoms with Gasteiger partial charge >= 0.3 is 0 Å². The van der Waals surface area contributed by atoms with E-state index in [1.807, 2.05) is 25.1 Å². The van der Waals surface area contributed by atoms with E-state index in [0.717, 1.165) is 32.8 Å². The summed E-state index contributed by atoms with van der Waals surface area (Å²) in [6, 6.07) is 9.14. The quantitative estimate of drug-likeness (QED) is 0.458. The van der Waals surface area contributed by atoms with Crippen molar-refractivity contribution >= 4 is 33.3 Å². The molecule has 9 nitrogen and oxygen atoms in total. The summed E-state index contributed by atoms with van der Waals surface area (Å²) in [7, 11) is 4.57. The number of aryl methyl sites for hydroxylation is 1. The topological polar surface area (TPSA) is 108 Å². The molecule has 2 N–H and O–H groups in total. The molecule has 1 amide bonds. The Morgan fingerprint density at radius 3 is 2.52 bits per heavy atom. The summed E-state index contributed by atoms with van der Waals surface area (Å²) in [5.41, 5.74) is 3.28. The molecule has 10 heteroatoms. The van der Waals surface area contributed by atoms with Gasteiger partial charge in [0.2, 0.25) is 16.8 Å². The Morgan fingerprint density at radius 1 is 1.12 bits per heavy atom. The van der Waals surface area contributed by atoms with Crippen molar-refractivity contribution in [3.8, 4) is 28.1 Å². The molecule has 0 radical (unpaired) electrons. The lowest BCUT2D eigenvalue weighted by atomic mass is 9.85. The van der Waals surface area contributed by atoms with Crippen molar-refractivity contribution in [3.05, 3.63) is 47.2 Å². The number of fused-ring (bicyclic) bond motifs is 2. The number of methoxy groups -OCH3 is 3. The predicted octanol–water partition coefficient (Wildman–Crippen LogP) is 4.00. The lowest BCUT2D eigenvalue weighted by molar-refractivity contribution is -0.116. The molecule has 0 saturated carbocycles. The zero-order valence-corrected chi connectivity index (χ0v) is 19.3. The smallest absolute Gasteiger partial charge is 0.226 e. The summed E-state index contributed by atoms with van der Waals surface area (Å²) < 4.78 is 18.6. The highest BCUT2D eigenvalue weighted by Gasteiger charge is 2.34. The van der Waals surface area contributed by atoms with Gasteiger partial charge in [0.05, 0.1) is 37.2 Å². The summed E-state index contributed by atoms with van der Waals surface area (Å²) in [5, 5.41) is 18.6. The highest BCUT2D eigenvalue weighted by Crippen LogP contribution is 2.45. The molecule has 4 aromatic rings. The third-order valence-electron chi connectivity index (χ3n) is 5.77. The average Bonchev–Trinajstić information content (AvgIpc) is 3.38. The van der Waals surface area contributed by atoms with E-state index in [1.54, 1.807) is 23.9 Å². The lowest BCUT2D eigenvalue weighted by Crippen LogP contribution is -2.25. The third-order valence-corrected chi connectivity index (χ3v) is 6.77. The van der Waals surface area contributed by atoms with Crippen LogP contribution in [0.2, 0.25) is 0 Å². The standard InChI is InChI=1S/C23H22N4O5S/c1-11-20-14(12-7-16(31-3)21(29)17(8-12)32-4)10-19(28)25-22(20)27(26-11)23-24-15-6-5-13(30-2)9-18(15)33-23/h5-9,14,29H,10H2,1-4H3,(H,25,28)/t14-/m0/s1. The first-order valence-corrected chi connectivity index (χ1v) is 11.0.